The quantitative estimate of drug-likeness (QED) is 0.307. The Hall–Kier alpha value is -3.74. The number of aliphatic hydroxyl groups excluding tert-OH is 2. The van der Waals surface area contributed by atoms with Crippen molar-refractivity contribution in [1.29, 1.82) is 5.26 Å². The highest BCUT2D eigenvalue weighted by Gasteiger charge is 2.29. The third-order valence-corrected chi connectivity index (χ3v) is 5.97. The Morgan fingerprint density at radius 2 is 1.59 bits per heavy atom. The van der Waals surface area contributed by atoms with Gasteiger partial charge in [-0.05, 0) is 49.4 Å². The monoisotopic (exact) mass is 508 g/mol. The third-order valence-electron chi connectivity index (χ3n) is 5.97. The van der Waals surface area contributed by atoms with Crippen LogP contribution in [0.25, 0.3) is 0 Å². The number of aliphatic hydroxyl groups is 2. The van der Waals surface area contributed by atoms with Gasteiger partial charge in [-0.1, -0.05) is 44.2 Å². The van der Waals surface area contributed by atoms with Gasteiger partial charge in [-0.2, -0.15) is 5.26 Å². The summed E-state index contributed by atoms with van der Waals surface area (Å²) in [6, 6.07) is 14.2. The molecule has 2 rings (SSSR count). The molecule has 0 saturated carbocycles. The maximum absolute atomic E-state index is 13.3. The molecular formula is C28H36N4O5. The standard InChI is InChI=1S/C28H36N4O5/c1-3-13-32(14-4-2)28(37)22-17-20(26(30)35)16-21(18-22)27(36)31-23(15-19-9-6-5-7-10-19)25(34)24(33)11-8-12-29/h5-7,9-10,16-18,23-25,33-34H,3-4,8,11,13-15H2,1-2H3,(H2,30,35)(H,31,36). The lowest BCUT2D eigenvalue weighted by Gasteiger charge is -2.28. The van der Waals surface area contributed by atoms with E-state index in [0.717, 1.165) is 18.4 Å². The average molecular weight is 509 g/mol. The molecule has 2 aromatic carbocycles. The smallest absolute Gasteiger partial charge is 0.253 e. The number of nitriles is 1. The van der Waals surface area contributed by atoms with E-state index >= 15 is 0 Å². The Morgan fingerprint density at radius 1 is 1.00 bits per heavy atom. The van der Waals surface area contributed by atoms with Crippen molar-refractivity contribution in [2.75, 3.05) is 13.1 Å². The molecular weight excluding hydrogens is 472 g/mol. The zero-order valence-corrected chi connectivity index (χ0v) is 21.4. The summed E-state index contributed by atoms with van der Waals surface area (Å²) in [5.74, 6) is -1.73. The molecule has 3 unspecified atom stereocenters. The van der Waals surface area contributed by atoms with Crippen LogP contribution in [0.1, 0.15) is 76.2 Å². The summed E-state index contributed by atoms with van der Waals surface area (Å²) in [5, 5.41) is 32.8. The molecule has 5 N–H and O–H groups in total. The average Bonchev–Trinajstić information content (AvgIpc) is 2.90. The van der Waals surface area contributed by atoms with E-state index in [2.05, 4.69) is 5.32 Å². The lowest BCUT2D eigenvalue weighted by Crippen LogP contribution is -2.49. The van der Waals surface area contributed by atoms with Crippen LogP contribution >= 0.6 is 0 Å². The van der Waals surface area contributed by atoms with Gasteiger partial charge in [0.1, 0.15) is 6.10 Å². The van der Waals surface area contributed by atoms with Gasteiger partial charge in [-0.15, -0.1) is 0 Å². The number of rotatable bonds is 14. The molecule has 0 radical (unpaired) electrons. The molecule has 9 nitrogen and oxygen atoms in total. The molecule has 0 aromatic heterocycles. The second-order valence-corrected chi connectivity index (χ2v) is 8.98. The van der Waals surface area contributed by atoms with Crippen LogP contribution in [0.2, 0.25) is 0 Å². The number of nitrogens with two attached hydrogens (primary N) is 1. The van der Waals surface area contributed by atoms with Gasteiger partial charge in [0.15, 0.2) is 0 Å². The first kappa shape index (κ1) is 29.5. The van der Waals surface area contributed by atoms with Crippen molar-refractivity contribution in [2.45, 2.75) is 64.2 Å². The van der Waals surface area contributed by atoms with Gasteiger partial charge < -0.3 is 26.2 Å². The van der Waals surface area contributed by atoms with Crippen LogP contribution in [0.3, 0.4) is 0 Å². The Kier molecular flexibility index (Phi) is 11.7. The van der Waals surface area contributed by atoms with E-state index < -0.39 is 30.1 Å². The zero-order chi connectivity index (χ0) is 27.4. The largest absolute Gasteiger partial charge is 0.390 e. The summed E-state index contributed by atoms with van der Waals surface area (Å²) < 4.78 is 0. The fraction of sp³-hybridized carbons (Fsp3) is 0.429. The van der Waals surface area contributed by atoms with Crippen molar-refractivity contribution in [3.8, 4) is 6.07 Å². The Balaban J connectivity index is 2.39. The predicted molar refractivity (Wildman–Crippen MR) is 140 cm³/mol. The molecule has 0 spiro atoms. The molecule has 0 bridgehead atoms. The predicted octanol–water partition coefficient (Wildman–Crippen LogP) is 2.41. The maximum atomic E-state index is 13.3. The minimum absolute atomic E-state index is 0.0122. The van der Waals surface area contributed by atoms with Gasteiger partial charge in [0.2, 0.25) is 5.91 Å². The van der Waals surface area contributed by atoms with E-state index in [0.29, 0.717) is 13.1 Å². The second-order valence-electron chi connectivity index (χ2n) is 8.98. The molecule has 3 amide bonds. The third kappa shape index (κ3) is 8.70. The topological polar surface area (TPSA) is 157 Å². The molecule has 3 atom stereocenters. The lowest BCUT2D eigenvalue weighted by atomic mass is 9.95. The fourth-order valence-electron chi connectivity index (χ4n) is 4.09. The summed E-state index contributed by atoms with van der Waals surface area (Å²) in [6.45, 7) is 4.97. The van der Waals surface area contributed by atoms with Crippen LogP contribution in [0, 0.1) is 11.3 Å². The van der Waals surface area contributed by atoms with E-state index in [1.165, 1.54) is 18.2 Å². The number of benzene rings is 2. The minimum atomic E-state index is -1.36. The molecule has 2 aromatic rings. The maximum Gasteiger partial charge on any atom is 0.253 e. The van der Waals surface area contributed by atoms with Crippen molar-refractivity contribution in [3.63, 3.8) is 0 Å². The molecule has 9 heteroatoms. The first-order chi connectivity index (χ1) is 17.7. The summed E-state index contributed by atoms with van der Waals surface area (Å²) in [7, 11) is 0. The fourth-order valence-corrected chi connectivity index (χ4v) is 4.09. The second kappa shape index (κ2) is 14.7. The number of amides is 3. The van der Waals surface area contributed by atoms with Crippen LogP contribution in [-0.2, 0) is 6.42 Å². The number of nitrogens with zero attached hydrogens (tertiary/aromatic N) is 2. The van der Waals surface area contributed by atoms with Gasteiger partial charge in [0, 0.05) is 36.2 Å². The molecule has 0 saturated heterocycles. The van der Waals surface area contributed by atoms with Crippen LogP contribution in [0.4, 0.5) is 0 Å². The Labute approximate surface area is 217 Å². The van der Waals surface area contributed by atoms with Crippen LogP contribution in [0.15, 0.2) is 48.5 Å². The summed E-state index contributed by atoms with van der Waals surface area (Å²) in [4.78, 5) is 40.2. The molecule has 0 aliphatic heterocycles. The van der Waals surface area contributed by atoms with E-state index in [1.54, 1.807) is 4.90 Å². The molecule has 0 heterocycles. The normalized spacial score (nSPS) is 13.2. The Morgan fingerprint density at radius 3 is 2.16 bits per heavy atom. The van der Waals surface area contributed by atoms with Crippen molar-refractivity contribution in [1.82, 2.24) is 10.2 Å². The molecule has 0 aliphatic rings. The van der Waals surface area contributed by atoms with Crippen molar-refractivity contribution < 1.29 is 24.6 Å². The zero-order valence-electron chi connectivity index (χ0n) is 21.4. The SMILES string of the molecule is CCCN(CCC)C(=O)c1cc(C(N)=O)cc(C(=O)NC(Cc2ccccc2)C(O)C(O)CCC#N)c1. The van der Waals surface area contributed by atoms with Crippen LogP contribution in [-0.4, -0.2) is 64.2 Å². The van der Waals surface area contributed by atoms with Crippen LogP contribution < -0.4 is 11.1 Å². The van der Waals surface area contributed by atoms with Gasteiger partial charge in [0.25, 0.3) is 11.8 Å². The molecule has 198 valence electrons. The van der Waals surface area contributed by atoms with E-state index in [1.807, 2.05) is 50.2 Å². The van der Waals surface area contributed by atoms with Crippen LogP contribution in [0.5, 0.6) is 0 Å². The number of primary amides is 1. The van der Waals surface area contributed by atoms with Gasteiger partial charge in [0.05, 0.1) is 18.2 Å². The summed E-state index contributed by atoms with van der Waals surface area (Å²) >= 11 is 0. The number of carbonyl (C=O) groups excluding carboxylic acids is 3. The molecule has 37 heavy (non-hydrogen) atoms. The van der Waals surface area contributed by atoms with E-state index in [9.17, 15) is 24.6 Å². The molecule has 0 fully saturated rings. The number of hydrogen-bond donors (Lipinski definition) is 4. The highest BCUT2D eigenvalue weighted by molar-refractivity contribution is 6.04. The lowest BCUT2D eigenvalue weighted by molar-refractivity contribution is -0.00642. The van der Waals surface area contributed by atoms with Gasteiger partial charge in [-0.25, -0.2) is 0 Å². The number of nitrogens with one attached hydrogen (secondary N) is 1. The van der Waals surface area contributed by atoms with Crippen molar-refractivity contribution >= 4 is 17.7 Å². The summed E-state index contributed by atoms with van der Waals surface area (Å²) in [6.07, 6.45) is -0.799. The van der Waals surface area contributed by atoms with Crippen molar-refractivity contribution in [2.24, 2.45) is 5.73 Å². The van der Waals surface area contributed by atoms with Gasteiger partial charge in [-0.3, -0.25) is 14.4 Å². The number of hydrogen-bond acceptors (Lipinski definition) is 6. The Bertz CT molecular complexity index is 1090. The van der Waals surface area contributed by atoms with Crippen molar-refractivity contribution in [3.05, 3.63) is 70.8 Å². The van der Waals surface area contributed by atoms with Gasteiger partial charge >= 0.3 is 0 Å². The molecule has 0 aliphatic carbocycles. The summed E-state index contributed by atoms with van der Waals surface area (Å²) in [5.41, 5.74) is 6.51. The highest BCUT2D eigenvalue weighted by atomic mass is 16.3. The first-order valence-electron chi connectivity index (χ1n) is 12.5. The number of carbonyl (C=O) groups is 3. The van der Waals surface area contributed by atoms with E-state index in [4.69, 9.17) is 11.0 Å². The highest BCUT2D eigenvalue weighted by Crippen LogP contribution is 2.17. The minimum Gasteiger partial charge on any atom is -0.390 e. The first-order valence-corrected chi connectivity index (χ1v) is 12.5. The van der Waals surface area contributed by atoms with E-state index in [-0.39, 0.29) is 41.9 Å².